The molecule has 1 nitrogen and oxygen atoms in total. The topological polar surface area (TPSA) is 9.23 Å². The van der Waals surface area contributed by atoms with Crippen LogP contribution < -0.4 is 0 Å². The van der Waals surface area contributed by atoms with Gasteiger partial charge in [0.1, 0.15) is 6.10 Å². The maximum Gasteiger partial charge on any atom is 0.416 e. The number of hydrogen-bond acceptors (Lipinski definition) is 1. The smallest absolute Gasteiger partial charge is 0.369 e. The molecule has 1 unspecified atom stereocenters. The molecule has 0 saturated heterocycles. The monoisotopic (exact) mass is 304 g/mol. The molecule has 0 saturated carbocycles. The maximum absolute atomic E-state index is 12.6. The lowest BCUT2D eigenvalue weighted by Crippen LogP contribution is -2.11. The molecule has 2 aromatic carbocycles. The van der Waals surface area contributed by atoms with Crippen molar-refractivity contribution in [3.63, 3.8) is 0 Å². The lowest BCUT2D eigenvalue weighted by Gasteiger charge is -2.23. The first-order valence-electron chi connectivity index (χ1n) is 7.09. The van der Waals surface area contributed by atoms with Crippen molar-refractivity contribution in [2.24, 2.45) is 0 Å². The Morgan fingerprint density at radius 3 is 2.23 bits per heavy atom. The first kappa shape index (κ1) is 14.9. The molecule has 3 rings (SSSR count). The quantitative estimate of drug-likeness (QED) is 0.736. The fourth-order valence-corrected chi connectivity index (χ4v) is 2.56. The van der Waals surface area contributed by atoms with Gasteiger partial charge in [0.05, 0.1) is 12.2 Å². The van der Waals surface area contributed by atoms with Gasteiger partial charge in [-0.25, -0.2) is 0 Å². The molecule has 0 aliphatic carbocycles. The van der Waals surface area contributed by atoms with Crippen molar-refractivity contribution >= 4 is 5.57 Å². The summed E-state index contributed by atoms with van der Waals surface area (Å²) in [6, 6.07) is 15.1. The summed E-state index contributed by atoms with van der Waals surface area (Å²) in [6.45, 7) is 0.562. The van der Waals surface area contributed by atoms with E-state index in [1.165, 1.54) is 12.1 Å². The van der Waals surface area contributed by atoms with E-state index in [-0.39, 0.29) is 6.10 Å². The van der Waals surface area contributed by atoms with Crippen LogP contribution in [0.1, 0.15) is 29.2 Å². The molecule has 0 N–H and O–H groups in total. The van der Waals surface area contributed by atoms with Gasteiger partial charge in [-0.05, 0) is 41.3 Å². The van der Waals surface area contributed by atoms with E-state index in [4.69, 9.17) is 4.74 Å². The van der Waals surface area contributed by atoms with Gasteiger partial charge in [0.15, 0.2) is 0 Å². The molecule has 114 valence electrons. The molecule has 0 bridgehead atoms. The first-order valence-corrected chi connectivity index (χ1v) is 7.09. The van der Waals surface area contributed by atoms with Crippen molar-refractivity contribution in [1.82, 2.24) is 0 Å². The van der Waals surface area contributed by atoms with Crippen LogP contribution in [0.2, 0.25) is 0 Å². The molecule has 4 heteroatoms. The zero-order chi connectivity index (χ0) is 15.6. The normalized spacial score (nSPS) is 18.9. The van der Waals surface area contributed by atoms with Crippen molar-refractivity contribution in [2.45, 2.75) is 18.7 Å². The average molecular weight is 304 g/mol. The van der Waals surface area contributed by atoms with E-state index in [0.717, 1.165) is 35.3 Å². The molecule has 2 aromatic rings. The van der Waals surface area contributed by atoms with E-state index >= 15 is 0 Å². The first-order chi connectivity index (χ1) is 10.5. The molecule has 0 spiro atoms. The molecule has 1 aliphatic rings. The molecule has 1 heterocycles. The summed E-state index contributed by atoms with van der Waals surface area (Å²) >= 11 is 0. The van der Waals surface area contributed by atoms with Crippen molar-refractivity contribution in [3.8, 4) is 0 Å². The SMILES string of the molecule is FC(F)(F)c1ccc(C2C=C(c3ccccc3)CCO2)cc1. The largest absolute Gasteiger partial charge is 0.416 e. The van der Waals surface area contributed by atoms with Crippen LogP contribution in [-0.4, -0.2) is 6.61 Å². The number of halogens is 3. The van der Waals surface area contributed by atoms with Crippen LogP contribution in [0.5, 0.6) is 0 Å². The Kier molecular flexibility index (Phi) is 4.03. The number of benzene rings is 2. The van der Waals surface area contributed by atoms with Crippen LogP contribution in [0.3, 0.4) is 0 Å². The van der Waals surface area contributed by atoms with Gasteiger partial charge < -0.3 is 4.74 Å². The Labute approximate surface area is 127 Å². The fourth-order valence-electron chi connectivity index (χ4n) is 2.56. The van der Waals surface area contributed by atoms with Gasteiger partial charge in [-0.2, -0.15) is 13.2 Å². The van der Waals surface area contributed by atoms with Crippen LogP contribution in [0.25, 0.3) is 5.57 Å². The minimum absolute atomic E-state index is 0.300. The molecular formula is C18H15F3O. The minimum atomic E-state index is -4.31. The fraction of sp³-hybridized carbons (Fsp3) is 0.222. The van der Waals surface area contributed by atoms with Crippen molar-refractivity contribution in [3.05, 3.63) is 77.4 Å². The number of alkyl halides is 3. The van der Waals surface area contributed by atoms with Gasteiger partial charge in [-0.15, -0.1) is 0 Å². The average Bonchev–Trinajstić information content (AvgIpc) is 2.55. The van der Waals surface area contributed by atoms with Gasteiger partial charge >= 0.3 is 6.18 Å². The summed E-state index contributed by atoms with van der Waals surface area (Å²) in [5, 5.41) is 0. The van der Waals surface area contributed by atoms with Crippen molar-refractivity contribution in [2.75, 3.05) is 6.61 Å². The summed E-state index contributed by atoms with van der Waals surface area (Å²) < 4.78 is 43.5. The van der Waals surface area contributed by atoms with E-state index in [9.17, 15) is 13.2 Å². The predicted molar refractivity (Wildman–Crippen MR) is 79.2 cm³/mol. The van der Waals surface area contributed by atoms with E-state index in [2.05, 4.69) is 0 Å². The van der Waals surface area contributed by atoms with E-state index < -0.39 is 11.7 Å². The van der Waals surface area contributed by atoms with Gasteiger partial charge in [-0.3, -0.25) is 0 Å². The standard InChI is InChI=1S/C18H15F3O/c19-18(20,21)16-8-6-14(7-9-16)17-12-15(10-11-22-17)13-4-2-1-3-5-13/h1-9,12,17H,10-11H2. The van der Waals surface area contributed by atoms with Crippen LogP contribution in [0.15, 0.2) is 60.7 Å². The summed E-state index contributed by atoms with van der Waals surface area (Å²) in [4.78, 5) is 0. The van der Waals surface area contributed by atoms with Crippen LogP contribution in [-0.2, 0) is 10.9 Å². The molecular weight excluding hydrogens is 289 g/mol. The Hall–Kier alpha value is -2.07. The van der Waals surface area contributed by atoms with Gasteiger partial charge in [0.25, 0.3) is 0 Å². The molecule has 0 aromatic heterocycles. The second kappa shape index (κ2) is 5.97. The molecule has 1 aliphatic heterocycles. The highest BCUT2D eigenvalue weighted by Gasteiger charge is 2.30. The highest BCUT2D eigenvalue weighted by atomic mass is 19.4. The Bertz CT molecular complexity index is 657. The summed E-state index contributed by atoms with van der Waals surface area (Å²) in [5.74, 6) is 0. The third-order valence-electron chi connectivity index (χ3n) is 3.73. The van der Waals surface area contributed by atoms with Crippen molar-refractivity contribution in [1.29, 1.82) is 0 Å². The molecule has 0 amide bonds. The van der Waals surface area contributed by atoms with Gasteiger partial charge in [-0.1, -0.05) is 42.5 Å². The van der Waals surface area contributed by atoms with Crippen LogP contribution in [0, 0.1) is 0 Å². The molecule has 0 fully saturated rings. The number of ether oxygens (including phenoxy) is 1. The highest BCUT2D eigenvalue weighted by molar-refractivity contribution is 5.67. The van der Waals surface area contributed by atoms with E-state index in [1.54, 1.807) is 0 Å². The summed E-state index contributed by atoms with van der Waals surface area (Å²) in [5.41, 5.74) is 2.39. The second-order valence-corrected chi connectivity index (χ2v) is 5.22. The van der Waals surface area contributed by atoms with Crippen molar-refractivity contribution < 1.29 is 17.9 Å². The zero-order valence-corrected chi connectivity index (χ0v) is 11.8. The van der Waals surface area contributed by atoms with Gasteiger partial charge in [0.2, 0.25) is 0 Å². The Balaban J connectivity index is 1.85. The van der Waals surface area contributed by atoms with E-state index in [1.807, 2.05) is 36.4 Å². The minimum Gasteiger partial charge on any atom is -0.369 e. The lowest BCUT2D eigenvalue weighted by atomic mass is 9.96. The Morgan fingerprint density at radius 2 is 1.59 bits per heavy atom. The van der Waals surface area contributed by atoms with Crippen LogP contribution >= 0.6 is 0 Å². The predicted octanol–water partition coefficient (Wildman–Crippen LogP) is 5.25. The van der Waals surface area contributed by atoms with Crippen LogP contribution in [0.4, 0.5) is 13.2 Å². The lowest BCUT2D eigenvalue weighted by molar-refractivity contribution is -0.137. The molecule has 22 heavy (non-hydrogen) atoms. The number of rotatable bonds is 2. The maximum atomic E-state index is 12.6. The number of hydrogen-bond donors (Lipinski definition) is 0. The highest BCUT2D eigenvalue weighted by Crippen LogP contribution is 2.33. The zero-order valence-electron chi connectivity index (χ0n) is 11.8. The van der Waals surface area contributed by atoms with E-state index in [0.29, 0.717) is 6.61 Å². The molecule has 1 atom stereocenters. The molecule has 0 radical (unpaired) electrons. The third kappa shape index (κ3) is 3.22. The third-order valence-corrected chi connectivity index (χ3v) is 3.73. The summed E-state index contributed by atoms with van der Waals surface area (Å²) in [6.07, 6.45) is -1.81. The summed E-state index contributed by atoms with van der Waals surface area (Å²) in [7, 11) is 0. The van der Waals surface area contributed by atoms with Gasteiger partial charge in [0, 0.05) is 0 Å². The Morgan fingerprint density at radius 1 is 0.909 bits per heavy atom. The second-order valence-electron chi connectivity index (χ2n) is 5.22.